The van der Waals surface area contributed by atoms with Crippen LogP contribution in [0.5, 0.6) is 0 Å². The molecule has 0 bridgehead atoms. The first-order valence-corrected chi connectivity index (χ1v) is 11.9. The van der Waals surface area contributed by atoms with E-state index in [0.717, 1.165) is 27.8 Å². The molecule has 2 N–H and O–H groups in total. The van der Waals surface area contributed by atoms with Gasteiger partial charge in [-0.1, -0.05) is 30.3 Å². The molecular weight excluding hydrogens is 455 g/mol. The molecule has 1 amide bonds. The highest BCUT2D eigenvalue weighted by molar-refractivity contribution is 7.89. The summed E-state index contributed by atoms with van der Waals surface area (Å²) in [6, 6.07) is 13.6. The highest BCUT2D eigenvalue weighted by Crippen LogP contribution is 2.22. The Labute approximate surface area is 189 Å². The van der Waals surface area contributed by atoms with Crippen LogP contribution in [0.3, 0.4) is 0 Å². The van der Waals surface area contributed by atoms with Gasteiger partial charge in [-0.25, -0.2) is 21.6 Å². The highest BCUT2D eigenvalue weighted by atomic mass is 32.2. The van der Waals surface area contributed by atoms with Gasteiger partial charge in [0.2, 0.25) is 10.0 Å². The molecule has 0 aromatic heterocycles. The molecular formula is C23H23F3N3O3S+. The van der Waals surface area contributed by atoms with Crippen molar-refractivity contribution in [3.63, 3.8) is 0 Å². The summed E-state index contributed by atoms with van der Waals surface area (Å²) >= 11 is 0. The standard InChI is InChI=1S/C23H22F3N3O3S/c1-15(23(30)27-20-9-8-19(24)21(25)22(20)26)28-10-12-29(13-11-28)33(31,32)18-7-6-16-4-2-3-5-17(16)14-18/h2-9,14-15H,10-13H2,1H3,(H,27,30)/p+1/t15-/m0/s1. The zero-order valence-electron chi connectivity index (χ0n) is 17.8. The summed E-state index contributed by atoms with van der Waals surface area (Å²) in [6.07, 6.45) is 0. The quantitative estimate of drug-likeness (QED) is 0.553. The number of nitrogens with zero attached hydrogens (tertiary/aromatic N) is 1. The number of nitrogens with one attached hydrogen (secondary N) is 2. The second kappa shape index (κ2) is 9.12. The molecule has 0 saturated carbocycles. The number of anilines is 1. The number of amides is 1. The number of sulfonamides is 1. The number of halogens is 3. The fraction of sp³-hybridized carbons (Fsp3) is 0.261. The van der Waals surface area contributed by atoms with Gasteiger partial charge in [0.1, 0.15) is 0 Å². The lowest BCUT2D eigenvalue weighted by Gasteiger charge is -2.34. The lowest BCUT2D eigenvalue weighted by atomic mass is 10.1. The topological polar surface area (TPSA) is 70.9 Å². The molecule has 10 heteroatoms. The Morgan fingerprint density at radius 2 is 1.64 bits per heavy atom. The van der Waals surface area contributed by atoms with Crippen LogP contribution in [0, 0.1) is 17.5 Å². The summed E-state index contributed by atoms with van der Waals surface area (Å²) < 4.78 is 68.0. The van der Waals surface area contributed by atoms with E-state index >= 15 is 0 Å². The van der Waals surface area contributed by atoms with Crippen molar-refractivity contribution in [2.75, 3.05) is 31.5 Å². The molecule has 1 atom stereocenters. The Morgan fingerprint density at radius 3 is 2.33 bits per heavy atom. The van der Waals surface area contributed by atoms with Crippen molar-refractivity contribution in [1.82, 2.24) is 4.31 Å². The summed E-state index contributed by atoms with van der Waals surface area (Å²) in [5.74, 6) is -5.02. The molecule has 174 valence electrons. The van der Waals surface area contributed by atoms with Crippen LogP contribution in [0.4, 0.5) is 18.9 Å². The van der Waals surface area contributed by atoms with E-state index in [1.54, 1.807) is 25.1 Å². The first-order chi connectivity index (χ1) is 15.7. The molecule has 0 spiro atoms. The predicted molar refractivity (Wildman–Crippen MR) is 118 cm³/mol. The Kier molecular flexibility index (Phi) is 6.42. The highest BCUT2D eigenvalue weighted by Gasteiger charge is 2.35. The number of piperazine rings is 1. The minimum absolute atomic E-state index is 0.210. The fourth-order valence-corrected chi connectivity index (χ4v) is 5.45. The third-order valence-electron chi connectivity index (χ3n) is 6.02. The van der Waals surface area contributed by atoms with Gasteiger partial charge in [0.25, 0.3) is 5.91 Å². The van der Waals surface area contributed by atoms with Crippen molar-refractivity contribution >= 4 is 32.4 Å². The van der Waals surface area contributed by atoms with Gasteiger partial charge in [0, 0.05) is 0 Å². The molecule has 3 aromatic carbocycles. The van der Waals surface area contributed by atoms with E-state index in [1.165, 1.54) is 4.31 Å². The molecule has 1 heterocycles. The van der Waals surface area contributed by atoms with Crippen LogP contribution in [-0.2, 0) is 14.8 Å². The Balaban J connectivity index is 1.41. The monoisotopic (exact) mass is 478 g/mol. The van der Waals surface area contributed by atoms with Gasteiger partial charge in [-0.3, -0.25) is 4.79 Å². The summed E-state index contributed by atoms with van der Waals surface area (Å²) in [5.41, 5.74) is -0.442. The number of hydrogen-bond donors (Lipinski definition) is 2. The normalized spacial score (nSPS) is 16.6. The van der Waals surface area contributed by atoms with Crippen LogP contribution in [0.15, 0.2) is 59.5 Å². The van der Waals surface area contributed by atoms with Gasteiger partial charge in [0.05, 0.1) is 36.8 Å². The van der Waals surface area contributed by atoms with E-state index in [4.69, 9.17) is 0 Å². The number of fused-ring (bicyclic) bond motifs is 1. The third-order valence-corrected chi connectivity index (χ3v) is 7.92. The second-order valence-corrected chi connectivity index (χ2v) is 9.94. The maximum absolute atomic E-state index is 13.9. The fourth-order valence-electron chi connectivity index (χ4n) is 3.97. The Morgan fingerprint density at radius 1 is 0.970 bits per heavy atom. The van der Waals surface area contributed by atoms with Crippen molar-refractivity contribution in [3.05, 3.63) is 72.0 Å². The lowest BCUT2D eigenvalue weighted by Crippen LogP contribution is -3.19. The minimum atomic E-state index is -3.69. The predicted octanol–water partition coefficient (Wildman–Crippen LogP) is 2.17. The number of quaternary nitrogens is 1. The van der Waals surface area contributed by atoms with E-state index in [-0.39, 0.29) is 18.0 Å². The van der Waals surface area contributed by atoms with E-state index in [1.807, 2.05) is 24.3 Å². The largest absolute Gasteiger partial charge is 0.323 e. The van der Waals surface area contributed by atoms with Gasteiger partial charge < -0.3 is 10.2 Å². The minimum Gasteiger partial charge on any atom is -0.323 e. The average molecular weight is 479 g/mol. The SMILES string of the molecule is C[C@@H](C(=O)Nc1ccc(F)c(F)c1F)[NH+]1CCN(S(=O)(=O)c2ccc3ccccc3c2)CC1. The van der Waals surface area contributed by atoms with E-state index in [0.29, 0.717) is 13.1 Å². The van der Waals surface area contributed by atoms with E-state index in [2.05, 4.69) is 5.32 Å². The summed E-state index contributed by atoms with van der Waals surface area (Å²) in [7, 11) is -3.69. The van der Waals surface area contributed by atoms with Crippen LogP contribution in [0.1, 0.15) is 6.92 Å². The van der Waals surface area contributed by atoms with Gasteiger partial charge in [0.15, 0.2) is 23.5 Å². The molecule has 1 saturated heterocycles. The molecule has 1 fully saturated rings. The van der Waals surface area contributed by atoms with Crippen LogP contribution in [-0.4, -0.2) is 50.9 Å². The van der Waals surface area contributed by atoms with Crippen LogP contribution < -0.4 is 10.2 Å². The maximum atomic E-state index is 13.9. The van der Waals surface area contributed by atoms with Crippen LogP contribution >= 0.6 is 0 Å². The number of carbonyl (C=O) groups is 1. The second-order valence-electron chi connectivity index (χ2n) is 8.01. The van der Waals surface area contributed by atoms with Gasteiger partial charge >= 0.3 is 0 Å². The van der Waals surface area contributed by atoms with Crippen LogP contribution in [0.25, 0.3) is 10.8 Å². The Hall–Kier alpha value is -2.95. The molecule has 1 aliphatic rings. The molecule has 4 rings (SSSR count). The van der Waals surface area contributed by atoms with E-state index in [9.17, 15) is 26.4 Å². The summed E-state index contributed by atoms with van der Waals surface area (Å²) in [6.45, 7) is 2.77. The molecule has 6 nitrogen and oxygen atoms in total. The van der Waals surface area contributed by atoms with Gasteiger partial charge in [-0.15, -0.1) is 0 Å². The Bertz CT molecular complexity index is 1310. The van der Waals surface area contributed by atoms with Crippen molar-refractivity contribution in [2.45, 2.75) is 17.9 Å². The lowest BCUT2D eigenvalue weighted by molar-refractivity contribution is -0.917. The average Bonchev–Trinajstić information content (AvgIpc) is 2.83. The number of hydrogen-bond acceptors (Lipinski definition) is 3. The molecule has 0 aliphatic carbocycles. The maximum Gasteiger partial charge on any atom is 0.282 e. The van der Waals surface area contributed by atoms with E-state index < -0.39 is 45.1 Å². The van der Waals surface area contributed by atoms with Crippen molar-refractivity contribution < 1.29 is 31.3 Å². The number of carbonyl (C=O) groups excluding carboxylic acids is 1. The zero-order valence-corrected chi connectivity index (χ0v) is 18.6. The van der Waals surface area contributed by atoms with Crippen molar-refractivity contribution in [1.29, 1.82) is 0 Å². The van der Waals surface area contributed by atoms with Crippen molar-refractivity contribution in [2.24, 2.45) is 0 Å². The molecule has 0 radical (unpaired) electrons. The molecule has 1 aliphatic heterocycles. The van der Waals surface area contributed by atoms with Gasteiger partial charge in [-0.05, 0) is 42.0 Å². The zero-order chi connectivity index (χ0) is 23.8. The van der Waals surface area contributed by atoms with Gasteiger partial charge in [-0.2, -0.15) is 4.31 Å². The first kappa shape index (κ1) is 23.2. The third kappa shape index (κ3) is 4.59. The number of rotatable bonds is 5. The number of benzene rings is 3. The van der Waals surface area contributed by atoms with Crippen LogP contribution in [0.2, 0.25) is 0 Å². The summed E-state index contributed by atoms with van der Waals surface area (Å²) in [4.78, 5) is 13.6. The molecule has 0 unspecified atom stereocenters. The van der Waals surface area contributed by atoms with Crippen molar-refractivity contribution in [3.8, 4) is 0 Å². The molecule has 3 aromatic rings. The first-order valence-electron chi connectivity index (χ1n) is 10.5. The summed E-state index contributed by atoms with van der Waals surface area (Å²) in [5, 5.41) is 4.06. The smallest absolute Gasteiger partial charge is 0.282 e. The molecule has 33 heavy (non-hydrogen) atoms.